The molecule has 4 nitrogen and oxygen atoms in total. The molecule has 0 aliphatic rings. The van der Waals surface area contributed by atoms with Crippen LogP contribution in [0.5, 0.6) is 0 Å². The van der Waals surface area contributed by atoms with Gasteiger partial charge < -0.3 is 5.32 Å². The lowest BCUT2D eigenvalue weighted by molar-refractivity contribution is 0.835. The zero-order valence-corrected chi connectivity index (χ0v) is 9.81. The first kappa shape index (κ1) is 10.7. The van der Waals surface area contributed by atoms with Crippen LogP contribution in [0.15, 0.2) is 30.3 Å². The van der Waals surface area contributed by atoms with Crippen molar-refractivity contribution in [2.75, 3.05) is 5.32 Å². The van der Waals surface area contributed by atoms with E-state index in [0.29, 0.717) is 6.04 Å². The van der Waals surface area contributed by atoms with Gasteiger partial charge in [0, 0.05) is 18.7 Å². The highest BCUT2D eigenvalue weighted by Crippen LogP contribution is 2.18. The maximum absolute atomic E-state index is 4.19. The van der Waals surface area contributed by atoms with Crippen LogP contribution in [0.3, 0.4) is 0 Å². The summed E-state index contributed by atoms with van der Waals surface area (Å²) in [7, 11) is 1.97. The van der Waals surface area contributed by atoms with Crippen molar-refractivity contribution in [3.63, 3.8) is 0 Å². The molecule has 0 fully saturated rings. The largest absolute Gasteiger partial charge is 0.352 e. The Bertz CT molecular complexity index is 459. The first-order chi connectivity index (χ1) is 7.68. The van der Waals surface area contributed by atoms with E-state index in [-0.39, 0.29) is 0 Å². The Labute approximate surface area is 95.3 Å². The van der Waals surface area contributed by atoms with E-state index in [1.165, 1.54) is 0 Å². The predicted octanol–water partition coefficient (Wildman–Crippen LogP) is 2.30. The van der Waals surface area contributed by atoms with E-state index in [4.69, 9.17) is 0 Å². The molecule has 0 aliphatic carbocycles. The van der Waals surface area contributed by atoms with Crippen molar-refractivity contribution in [2.45, 2.75) is 19.9 Å². The second kappa shape index (κ2) is 4.35. The molecule has 0 atom stereocenters. The first-order valence-corrected chi connectivity index (χ1v) is 5.40. The van der Waals surface area contributed by atoms with E-state index < -0.39 is 0 Å². The van der Waals surface area contributed by atoms with E-state index >= 15 is 0 Å². The van der Waals surface area contributed by atoms with Crippen LogP contribution in [0.1, 0.15) is 13.8 Å². The molecule has 1 heterocycles. The summed E-state index contributed by atoms with van der Waals surface area (Å²) >= 11 is 0. The quantitative estimate of drug-likeness (QED) is 0.856. The molecule has 2 aromatic rings. The normalized spacial score (nSPS) is 10.8. The van der Waals surface area contributed by atoms with E-state index in [1.54, 1.807) is 0 Å². The molecule has 1 aromatic carbocycles. The third-order valence-corrected chi connectivity index (χ3v) is 2.32. The van der Waals surface area contributed by atoms with Crippen LogP contribution in [0.4, 0.5) is 5.95 Å². The molecule has 0 saturated heterocycles. The SMILES string of the molecule is CC(C)Nc1nnc(-c2ccccc2)n1C. The van der Waals surface area contributed by atoms with Crippen LogP contribution in [0.25, 0.3) is 11.4 Å². The molecule has 2 rings (SSSR count). The fourth-order valence-corrected chi connectivity index (χ4v) is 1.55. The molecule has 0 unspecified atom stereocenters. The lowest BCUT2D eigenvalue weighted by Crippen LogP contribution is -2.13. The third kappa shape index (κ3) is 2.05. The Kier molecular flexibility index (Phi) is 2.90. The zero-order chi connectivity index (χ0) is 11.5. The van der Waals surface area contributed by atoms with Gasteiger partial charge in [-0.25, -0.2) is 0 Å². The van der Waals surface area contributed by atoms with E-state index in [0.717, 1.165) is 17.3 Å². The van der Waals surface area contributed by atoms with E-state index in [1.807, 2.05) is 41.9 Å². The summed E-state index contributed by atoms with van der Waals surface area (Å²) < 4.78 is 1.97. The van der Waals surface area contributed by atoms with Gasteiger partial charge in [-0.3, -0.25) is 4.57 Å². The van der Waals surface area contributed by atoms with Crippen LogP contribution in [-0.4, -0.2) is 20.8 Å². The summed E-state index contributed by atoms with van der Waals surface area (Å²) in [6, 6.07) is 10.4. The van der Waals surface area contributed by atoms with Gasteiger partial charge in [0.1, 0.15) is 0 Å². The smallest absolute Gasteiger partial charge is 0.224 e. The molecule has 4 heteroatoms. The molecule has 0 radical (unpaired) electrons. The van der Waals surface area contributed by atoms with Crippen LogP contribution in [-0.2, 0) is 7.05 Å². The van der Waals surface area contributed by atoms with Crippen molar-refractivity contribution in [3.8, 4) is 11.4 Å². The topological polar surface area (TPSA) is 42.7 Å². The molecule has 1 N–H and O–H groups in total. The Morgan fingerprint density at radius 3 is 2.44 bits per heavy atom. The van der Waals surface area contributed by atoms with Gasteiger partial charge in [-0.2, -0.15) is 0 Å². The number of rotatable bonds is 3. The number of nitrogens with zero attached hydrogens (tertiary/aromatic N) is 3. The van der Waals surface area contributed by atoms with Crippen molar-refractivity contribution >= 4 is 5.95 Å². The number of anilines is 1. The maximum atomic E-state index is 4.19. The predicted molar refractivity (Wildman–Crippen MR) is 65.2 cm³/mol. The zero-order valence-electron chi connectivity index (χ0n) is 9.81. The number of benzene rings is 1. The number of nitrogens with one attached hydrogen (secondary N) is 1. The number of hydrogen-bond donors (Lipinski definition) is 1. The second-order valence-electron chi connectivity index (χ2n) is 4.07. The Balaban J connectivity index is 2.34. The van der Waals surface area contributed by atoms with Gasteiger partial charge in [-0.05, 0) is 13.8 Å². The average molecular weight is 216 g/mol. The second-order valence-corrected chi connectivity index (χ2v) is 4.07. The van der Waals surface area contributed by atoms with Crippen molar-refractivity contribution < 1.29 is 0 Å². The van der Waals surface area contributed by atoms with Crippen molar-refractivity contribution in [1.82, 2.24) is 14.8 Å². The average Bonchev–Trinajstić information content (AvgIpc) is 2.61. The molecule has 16 heavy (non-hydrogen) atoms. The molecule has 84 valence electrons. The highest BCUT2D eigenvalue weighted by Gasteiger charge is 2.10. The first-order valence-electron chi connectivity index (χ1n) is 5.40. The summed E-state index contributed by atoms with van der Waals surface area (Å²) in [6.45, 7) is 4.16. The highest BCUT2D eigenvalue weighted by molar-refractivity contribution is 5.56. The van der Waals surface area contributed by atoms with Crippen LogP contribution >= 0.6 is 0 Å². The minimum absolute atomic E-state index is 0.353. The van der Waals surface area contributed by atoms with Gasteiger partial charge in [0.2, 0.25) is 5.95 Å². The lowest BCUT2D eigenvalue weighted by Gasteiger charge is -2.08. The molecule has 0 bridgehead atoms. The fraction of sp³-hybridized carbons (Fsp3) is 0.333. The Morgan fingerprint density at radius 1 is 1.12 bits per heavy atom. The molecule has 0 spiro atoms. The van der Waals surface area contributed by atoms with Gasteiger partial charge in [0.25, 0.3) is 0 Å². The standard InChI is InChI=1S/C12H16N4/c1-9(2)13-12-15-14-11(16(12)3)10-7-5-4-6-8-10/h4-9H,1-3H3,(H,13,15). The van der Waals surface area contributed by atoms with E-state index in [2.05, 4.69) is 29.4 Å². The molecule has 1 aromatic heterocycles. The van der Waals surface area contributed by atoms with E-state index in [9.17, 15) is 0 Å². The molecule has 0 amide bonds. The van der Waals surface area contributed by atoms with Gasteiger partial charge in [0.05, 0.1) is 0 Å². The molecule has 0 aliphatic heterocycles. The van der Waals surface area contributed by atoms with Gasteiger partial charge in [0.15, 0.2) is 5.82 Å². The Morgan fingerprint density at radius 2 is 1.81 bits per heavy atom. The third-order valence-electron chi connectivity index (χ3n) is 2.32. The lowest BCUT2D eigenvalue weighted by atomic mass is 10.2. The number of aromatic nitrogens is 3. The van der Waals surface area contributed by atoms with Gasteiger partial charge >= 0.3 is 0 Å². The maximum Gasteiger partial charge on any atom is 0.224 e. The molecular weight excluding hydrogens is 200 g/mol. The molecular formula is C12H16N4. The van der Waals surface area contributed by atoms with Gasteiger partial charge in [-0.15, -0.1) is 10.2 Å². The summed E-state index contributed by atoms with van der Waals surface area (Å²) in [4.78, 5) is 0. The van der Waals surface area contributed by atoms with Crippen molar-refractivity contribution in [1.29, 1.82) is 0 Å². The Hall–Kier alpha value is -1.84. The van der Waals surface area contributed by atoms with Crippen molar-refractivity contribution in [3.05, 3.63) is 30.3 Å². The van der Waals surface area contributed by atoms with Crippen LogP contribution < -0.4 is 5.32 Å². The van der Waals surface area contributed by atoms with Crippen molar-refractivity contribution in [2.24, 2.45) is 7.05 Å². The summed E-state index contributed by atoms with van der Waals surface area (Å²) in [6.07, 6.45) is 0. The minimum Gasteiger partial charge on any atom is -0.352 e. The molecule has 0 saturated carbocycles. The summed E-state index contributed by atoms with van der Waals surface area (Å²) in [5.41, 5.74) is 1.08. The van der Waals surface area contributed by atoms with Gasteiger partial charge in [-0.1, -0.05) is 30.3 Å². The summed E-state index contributed by atoms with van der Waals surface area (Å²) in [5, 5.41) is 11.6. The number of hydrogen-bond acceptors (Lipinski definition) is 3. The fourth-order valence-electron chi connectivity index (χ4n) is 1.55. The van der Waals surface area contributed by atoms with Crippen LogP contribution in [0, 0.1) is 0 Å². The summed E-state index contributed by atoms with van der Waals surface area (Å²) in [5.74, 6) is 1.68. The van der Waals surface area contributed by atoms with Crippen LogP contribution in [0.2, 0.25) is 0 Å². The highest BCUT2D eigenvalue weighted by atomic mass is 15.3. The monoisotopic (exact) mass is 216 g/mol. The minimum atomic E-state index is 0.353.